The molecule has 0 unspecified atom stereocenters. The van der Waals surface area contributed by atoms with Crippen LogP contribution in [0.15, 0.2) is 0 Å². The minimum atomic E-state index is -0.943. The molecule has 224 valence electrons. The molecule has 1 heterocycles. The second kappa shape index (κ2) is 12.7. The lowest BCUT2D eigenvalue weighted by Gasteiger charge is -2.64. The molecule has 4 fully saturated rings. The lowest BCUT2D eigenvalue weighted by atomic mass is 9.43. The number of nitrogens with one attached hydrogen (secondary N) is 6. The van der Waals surface area contributed by atoms with Gasteiger partial charge in [0.2, 0.25) is 17.7 Å². The van der Waals surface area contributed by atoms with Crippen LogP contribution in [0.2, 0.25) is 0 Å². The van der Waals surface area contributed by atoms with Crippen LogP contribution in [-0.2, 0) is 23.7 Å². The number of nitro groups is 1. The fourth-order valence-electron chi connectivity index (χ4n) is 6.47. The number of carbonyl (C=O) groups excluding carboxylic acids is 3. The smallest absolute Gasteiger partial charge is 0.404 e. The summed E-state index contributed by atoms with van der Waals surface area (Å²) in [6, 6.07) is -0.943. The predicted molar refractivity (Wildman–Crippen MR) is 147 cm³/mol. The zero-order valence-electron chi connectivity index (χ0n) is 24.3. The van der Waals surface area contributed by atoms with Crippen LogP contribution in [0.4, 0.5) is 0 Å². The van der Waals surface area contributed by atoms with E-state index in [1.165, 1.54) is 6.92 Å². The van der Waals surface area contributed by atoms with E-state index < -0.39 is 47.5 Å². The van der Waals surface area contributed by atoms with Crippen molar-refractivity contribution < 1.29 is 28.7 Å². The summed E-state index contributed by atoms with van der Waals surface area (Å²) in [4.78, 5) is 47.7. The molecule has 0 radical (unpaired) electrons. The maximum atomic E-state index is 13.5. The molecule has 3 amide bonds. The molecule has 4 aliphatic rings. The maximum absolute atomic E-state index is 13.5. The topological polar surface area (TPSA) is 197 Å². The van der Waals surface area contributed by atoms with Crippen molar-refractivity contribution in [1.29, 1.82) is 5.41 Å². The Morgan fingerprint density at radius 3 is 2.45 bits per heavy atom. The summed E-state index contributed by atoms with van der Waals surface area (Å²) in [5.74, 6) is -1.05. The van der Waals surface area contributed by atoms with Gasteiger partial charge in [0.1, 0.15) is 6.04 Å². The summed E-state index contributed by atoms with van der Waals surface area (Å²) < 4.78 is 13.1. The van der Waals surface area contributed by atoms with Gasteiger partial charge in [0, 0.05) is 13.5 Å². The molecule has 3 saturated carbocycles. The number of nitrogens with zero attached hydrogens (tertiary/aromatic N) is 1. The van der Waals surface area contributed by atoms with Crippen LogP contribution < -0.4 is 26.7 Å². The third-order valence-corrected chi connectivity index (χ3v) is 8.67. The molecule has 0 aromatic rings. The monoisotopic (exact) mass is 565 g/mol. The number of hydrazine groups is 1. The number of hydrogen-bond acceptors (Lipinski definition) is 8. The Bertz CT molecular complexity index is 997. The van der Waals surface area contributed by atoms with Gasteiger partial charge in [-0.3, -0.25) is 19.8 Å². The van der Waals surface area contributed by atoms with Crippen LogP contribution in [0.5, 0.6) is 0 Å². The minimum Gasteiger partial charge on any atom is -0.404 e. The van der Waals surface area contributed by atoms with Gasteiger partial charge in [-0.1, -0.05) is 33.1 Å². The summed E-state index contributed by atoms with van der Waals surface area (Å²) in [7, 11) is -0.623. The quantitative estimate of drug-likeness (QED) is 0.0460. The van der Waals surface area contributed by atoms with Crippen LogP contribution in [-0.4, -0.2) is 72.6 Å². The Kier molecular flexibility index (Phi) is 10.0. The van der Waals surface area contributed by atoms with Gasteiger partial charge >= 0.3 is 7.12 Å². The summed E-state index contributed by atoms with van der Waals surface area (Å²) >= 11 is 0. The summed E-state index contributed by atoms with van der Waals surface area (Å²) in [5, 5.41) is 27.8. The van der Waals surface area contributed by atoms with E-state index in [2.05, 4.69) is 55.9 Å². The van der Waals surface area contributed by atoms with E-state index in [9.17, 15) is 24.5 Å². The number of guanidine groups is 1. The van der Waals surface area contributed by atoms with Crippen molar-refractivity contribution in [3.8, 4) is 0 Å². The number of amides is 3. The number of hydrogen-bond donors (Lipinski definition) is 6. The van der Waals surface area contributed by atoms with E-state index in [-0.39, 0.29) is 42.9 Å². The highest BCUT2D eigenvalue weighted by atomic mass is 16.7. The molecule has 1 aliphatic heterocycles. The molecule has 15 heteroatoms. The maximum Gasteiger partial charge on any atom is 0.481 e. The summed E-state index contributed by atoms with van der Waals surface area (Å²) in [6.07, 6.45) is 3.12. The zero-order valence-corrected chi connectivity index (χ0v) is 24.3. The SMILES string of the molecule is CC(=O)NCC(=O)N[C@@H](CCCNC(=N)N[N+](=O)[O-])C(=O)N[C@@H](CC(C)C)B1O[C@@H]2C[C@@H]3C[C@@H](C3(C)C)[C@]2(C)O1. The average molecular weight is 565 g/mol. The molecule has 2 bridgehead atoms. The van der Waals surface area contributed by atoms with Gasteiger partial charge < -0.3 is 30.6 Å². The van der Waals surface area contributed by atoms with Gasteiger partial charge in [0.15, 0.2) is 5.03 Å². The highest BCUT2D eigenvalue weighted by Gasteiger charge is 2.68. The minimum absolute atomic E-state index is 0.0387. The number of rotatable bonds is 13. The Morgan fingerprint density at radius 2 is 1.85 bits per heavy atom. The molecule has 6 N–H and O–H groups in total. The third-order valence-electron chi connectivity index (χ3n) is 8.67. The Labute approximate surface area is 235 Å². The van der Waals surface area contributed by atoms with E-state index in [4.69, 9.17) is 14.7 Å². The van der Waals surface area contributed by atoms with Crippen molar-refractivity contribution in [1.82, 2.24) is 26.7 Å². The van der Waals surface area contributed by atoms with Crippen molar-refractivity contribution in [3.05, 3.63) is 10.1 Å². The predicted octanol–water partition coefficient (Wildman–Crippen LogP) is 0.492. The first-order valence-corrected chi connectivity index (χ1v) is 14.0. The van der Waals surface area contributed by atoms with E-state index in [0.717, 1.165) is 12.8 Å². The fourth-order valence-corrected chi connectivity index (χ4v) is 6.47. The van der Waals surface area contributed by atoms with Gasteiger partial charge in [-0.2, -0.15) is 0 Å². The first-order chi connectivity index (χ1) is 18.6. The summed E-state index contributed by atoms with van der Waals surface area (Å²) in [5.41, 5.74) is 1.46. The van der Waals surface area contributed by atoms with Crippen molar-refractivity contribution in [3.63, 3.8) is 0 Å². The zero-order chi connectivity index (χ0) is 29.8. The highest BCUT2D eigenvalue weighted by Crippen LogP contribution is 2.65. The van der Waals surface area contributed by atoms with Gasteiger partial charge in [0.05, 0.1) is 24.2 Å². The van der Waals surface area contributed by atoms with Crippen molar-refractivity contribution in [2.24, 2.45) is 23.2 Å². The molecular weight excluding hydrogens is 521 g/mol. The Hall–Kier alpha value is -2.94. The van der Waals surface area contributed by atoms with Gasteiger partial charge in [-0.15, -0.1) is 0 Å². The summed E-state index contributed by atoms with van der Waals surface area (Å²) in [6.45, 7) is 12.0. The second-order valence-electron chi connectivity index (χ2n) is 12.4. The van der Waals surface area contributed by atoms with E-state index >= 15 is 0 Å². The fraction of sp³-hybridized carbons (Fsp3) is 0.840. The number of carbonyl (C=O) groups is 3. The molecule has 1 saturated heterocycles. The van der Waals surface area contributed by atoms with Crippen LogP contribution >= 0.6 is 0 Å². The Balaban J connectivity index is 1.67. The van der Waals surface area contributed by atoms with Crippen molar-refractivity contribution in [2.45, 2.75) is 97.3 Å². The van der Waals surface area contributed by atoms with Crippen LogP contribution in [0.3, 0.4) is 0 Å². The van der Waals surface area contributed by atoms with E-state index in [1.54, 1.807) is 5.43 Å². The Morgan fingerprint density at radius 1 is 1.15 bits per heavy atom. The van der Waals surface area contributed by atoms with Crippen molar-refractivity contribution in [2.75, 3.05) is 13.1 Å². The largest absolute Gasteiger partial charge is 0.481 e. The van der Waals surface area contributed by atoms with E-state index in [0.29, 0.717) is 24.7 Å². The van der Waals surface area contributed by atoms with Crippen LogP contribution in [0.1, 0.15) is 73.6 Å². The molecule has 0 aromatic carbocycles. The first-order valence-electron chi connectivity index (χ1n) is 14.0. The molecule has 4 rings (SSSR count). The molecule has 6 atom stereocenters. The lowest BCUT2D eigenvalue weighted by Crippen LogP contribution is -2.65. The molecule has 40 heavy (non-hydrogen) atoms. The van der Waals surface area contributed by atoms with Crippen LogP contribution in [0.25, 0.3) is 0 Å². The van der Waals surface area contributed by atoms with Gasteiger partial charge in [0.25, 0.3) is 5.96 Å². The van der Waals surface area contributed by atoms with Gasteiger partial charge in [-0.25, -0.2) is 10.1 Å². The standard InChI is InChI=1S/C25H44BN7O7/c1-14(2)10-20(26-39-19-12-16-11-18(24(16,4)5)25(19,6)40-26)31-22(36)17(30-21(35)13-29-15(3)34)8-7-9-28-23(27)32-33(37)38/h14,16-20H,7-13H2,1-6H3,(H,29,34)(H,30,35)(H,31,36)(H3,27,28,32)/t16-,17-,18-,19+,20-,25-/m0/s1. The molecule has 14 nitrogen and oxygen atoms in total. The third kappa shape index (κ3) is 7.42. The van der Waals surface area contributed by atoms with E-state index in [1.807, 2.05) is 0 Å². The average Bonchev–Trinajstić information content (AvgIpc) is 3.20. The molecule has 0 aromatic heterocycles. The molecular formula is C25H44BN7O7. The van der Waals surface area contributed by atoms with Crippen LogP contribution in [0, 0.1) is 38.7 Å². The highest BCUT2D eigenvalue weighted by molar-refractivity contribution is 6.48. The molecule has 0 spiro atoms. The second-order valence-corrected chi connectivity index (χ2v) is 12.4. The molecule has 3 aliphatic carbocycles. The normalized spacial score (nSPS) is 27.5. The van der Waals surface area contributed by atoms with Gasteiger partial charge in [-0.05, 0) is 62.2 Å². The first kappa shape index (κ1) is 31.6. The lowest BCUT2D eigenvalue weighted by molar-refractivity contribution is -0.525. The van der Waals surface area contributed by atoms with Crippen molar-refractivity contribution >= 4 is 30.8 Å².